The van der Waals surface area contributed by atoms with Crippen molar-refractivity contribution in [2.24, 2.45) is 0 Å². The van der Waals surface area contributed by atoms with E-state index in [9.17, 15) is 0 Å². The van der Waals surface area contributed by atoms with Crippen LogP contribution in [0, 0.1) is 0 Å². The number of thioether (sulfide) groups is 1. The van der Waals surface area contributed by atoms with Crippen LogP contribution in [0.1, 0.15) is 10.7 Å². The van der Waals surface area contributed by atoms with Gasteiger partial charge >= 0.3 is 0 Å². The molecule has 0 unspecified atom stereocenters. The number of hydrogen-bond donors (Lipinski definition) is 0. The molecule has 0 radical (unpaired) electrons. The molecule has 25 heavy (non-hydrogen) atoms. The standard InChI is InChI=1S/C19H21N3OS2/c1-2-6-17-16(5-1)19(25-13-7-15-4-3-12-24-15)21-18(20-17)14-22-8-10-23-11-9-22/h1-6,12H,7-11,13-14H2. The van der Waals surface area contributed by atoms with Gasteiger partial charge in [0, 0.05) is 29.1 Å². The SMILES string of the molecule is c1csc(CCSc2nc(CN3CCOCC3)nc3ccccc23)c1. The monoisotopic (exact) mass is 371 g/mol. The minimum atomic E-state index is 0.798. The maximum Gasteiger partial charge on any atom is 0.144 e. The number of para-hydroxylation sites is 1. The fourth-order valence-electron chi connectivity index (χ4n) is 2.94. The summed E-state index contributed by atoms with van der Waals surface area (Å²) in [7, 11) is 0. The predicted molar refractivity (Wildman–Crippen MR) is 104 cm³/mol. The van der Waals surface area contributed by atoms with Gasteiger partial charge in [0.2, 0.25) is 0 Å². The molecule has 0 atom stereocenters. The first kappa shape index (κ1) is 17.0. The number of thiophene rings is 1. The fraction of sp³-hybridized carbons (Fsp3) is 0.368. The number of aryl methyl sites for hydroxylation is 1. The van der Waals surface area contributed by atoms with Gasteiger partial charge in [-0.3, -0.25) is 4.90 Å². The maximum atomic E-state index is 5.43. The molecule has 1 fully saturated rings. The molecule has 6 heteroatoms. The third-order valence-corrected chi connectivity index (χ3v) is 6.18. The summed E-state index contributed by atoms with van der Waals surface area (Å²) in [6.45, 7) is 4.31. The molecular formula is C19H21N3OS2. The molecule has 0 bridgehead atoms. The van der Waals surface area contributed by atoms with Gasteiger partial charge in [-0.2, -0.15) is 0 Å². The van der Waals surface area contributed by atoms with Crippen molar-refractivity contribution in [3.63, 3.8) is 0 Å². The molecule has 4 nitrogen and oxygen atoms in total. The second-order valence-corrected chi connectivity index (χ2v) is 8.14. The quantitative estimate of drug-likeness (QED) is 0.486. The third-order valence-electron chi connectivity index (χ3n) is 4.25. The van der Waals surface area contributed by atoms with Crippen LogP contribution in [0.2, 0.25) is 0 Å². The third kappa shape index (κ3) is 4.39. The molecule has 1 aromatic carbocycles. The van der Waals surface area contributed by atoms with Crippen LogP contribution in [-0.4, -0.2) is 46.9 Å². The molecule has 3 heterocycles. The van der Waals surface area contributed by atoms with Gasteiger partial charge in [0.1, 0.15) is 10.9 Å². The van der Waals surface area contributed by atoms with Gasteiger partial charge in [-0.15, -0.1) is 23.1 Å². The van der Waals surface area contributed by atoms with Crippen molar-refractivity contribution in [3.8, 4) is 0 Å². The minimum absolute atomic E-state index is 0.798. The molecule has 130 valence electrons. The van der Waals surface area contributed by atoms with E-state index in [0.717, 1.165) is 66.8 Å². The highest BCUT2D eigenvalue weighted by Crippen LogP contribution is 2.26. The second kappa shape index (κ2) is 8.27. The van der Waals surface area contributed by atoms with Crippen molar-refractivity contribution in [1.82, 2.24) is 14.9 Å². The number of fused-ring (bicyclic) bond motifs is 1. The lowest BCUT2D eigenvalue weighted by atomic mass is 10.2. The highest BCUT2D eigenvalue weighted by molar-refractivity contribution is 7.99. The Morgan fingerprint density at radius 2 is 1.96 bits per heavy atom. The average Bonchev–Trinajstić information content (AvgIpc) is 3.16. The van der Waals surface area contributed by atoms with Crippen LogP contribution in [0.3, 0.4) is 0 Å². The van der Waals surface area contributed by atoms with Gasteiger partial charge in [0.05, 0.1) is 25.3 Å². The van der Waals surface area contributed by atoms with E-state index in [1.165, 1.54) is 4.88 Å². The molecule has 0 N–H and O–H groups in total. The van der Waals surface area contributed by atoms with Crippen molar-refractivity contribution >= 4 is 34.0 Å². The predicted octanol–water partition coefficient (Wildman–Crippen LogP) is 3.86. The average molecular weight is 372 g/mol. The van der Waals surface area contributed by atoms with E-state index < -0.39 is 0 Å². The molecular weight excluding hydrogens is 350 g/mol. The first-order valence-electron chi connectivity index (χ1n) is 8.59. The van der Waals surface area contributed by atoms with E-state index >= 15 is 0 Å². The molecule has 2 aromatic heterocycles. The Morgan fingerprint density at radius 1 is 1.08 bits per heavy atom. The zero-order valence-corrected chi connectivity index (χ0v) is 15.7. The summed E-state index contributed by atoms with van der Waals surface area (Å²) in [6.07, 6.45) is 1.08. The number of nitrogens with zero attached hydrogens (tertiary/aromatic N) is 3. The highest BCUT2D eigenvalue weighted by Gasteiger charge is 2.14. The Bertz CT molecular complexity index is 817. The van der Waals surface area contributed by atoms with E-state index in [1.807, 2.05) is 29.2 Å². The topological polar surface area (TPSA) is 38.2 Å². The lowest BCUT2D eigenvalue weighted by molar-refractivity contribution is 0.0330. The van der Waals surface area contributed by atoms with Crippen LogP contribution in [0.15, 0.2) is 46.8 Å². The van der Waals surface area contributed by atoms with Gasteiger partial charge in [0.15, 0.2) is 0 Å². The Labute approximate surface area is 156 Å². The van der Waals surface area contributed by atoms with Gasteiger partial charge in [-0.25, -0.2) is 9.97 Å². The first-order valence-corrected chi connectivity index (χ1v) is 10.5. The van der Waals surface area contributed by atoms with E-state index in [-0.39, 0.29) is 0 Å². The molecule has 0 spiro atoms. The Hall–Kier alpha value is -1.47. The summed E-state index contributed by atoms with van der Waals surface area (Å²) in [5.41, 5.74) is 1.04. The summed E-state index contributed by atoms with van der Waals surface area (Å²) in [6, 6.07) is 12.6. The van der Waals surface area contributed by atoms with E-state index in [0.29, 0.717) is 0 Å². The zero-order chi connectivity index (χ0) is 16.9. The molecule has 0 saturated carbocycles. The van der Waals surface area contributed by atoms with Crippen LogP contribution in [0.5, 0.6) is 0 Å². The minimum Gasteiger partial charge on any atom is -0.379 e. The smallest absolute Gasteiger partial charge is 0.144 e. The number of rotatable bonds is 6. The van der Waals surface area contributed by atoms with Gasteiger partial charge < -0.3 is 4.74 Å². The molecule has 0 amide bonds. The summed E-state index contributed by atoms with van der Waals surface area (Å²) in [4.78, 5) is 13.5. The largest absolute Gasteiger partial charge is 0.379 e. The fourth-order valence-corrected chi connectivity index (χ4v) is 4.79. The summed E-state index contributed by atoms with van der Waals surface area (Å²) in [5.74, 6) is 1.96. The summed E-state index contributed by atoms with van der Waals surface area (Å²) < 4.78 is 5.43. The zero-order valence-electron chi connectivity index (χ0n) is 14.1. The van der Waals surface area contributed by atoms with Crippen molar-refractivity contribution in [3.05, 3.63) is 52.5 Å². The Kier molecular flexibility index (Phi) is 5.62. The van der Waals surface area contributed by atoms with Crippen molar-refractivity contribution in [1.29, 1.82) is 0 Å². The number of aromatic nitrogens is 2. The van der Waals surface area contributed by atoms with E-state index in [4.69, 9.17) is 14.7 Å². The molecule has 0 aliphatic carbocycles. The molecule has 1 aliphatic rings. The second-order valence-electron chi connectivity index (χ2n) is 6.03. The summed E-state index contributed by atoms with van der Waals surface area (Å²) >= 11 is 3.66. The number of hydrogen-bond acceptors (Lipinski definition) is 6. The number of benzene rings is 1. The van der Waals surface area contributed by atoms with Crippen molar-refractivity contribution < 1.29 is 4.74 Å². The molecule has 3 aromatic rings. The maximum absolute atomic E-state index is 5.43. The Balaban J connectivity index is 1.52. The van der Waals surface area contributed by atoms with Crippen LogP contribution in [-0.2, 0) is 17.7 Å². The van der Waals surface area contributed by atoms with E-state index in [1.54, 1.807) is 0 Å². The van der Waals surface area contributed by atoms with Crippen molar-refractivity contribution in [2.45, 2.75) is 18.0 Å². The van der Waals surface area contributed by atoms with Crippen molar-refractivity contribution in [2.75, 3.05) is 32.1 Å². The normalized spacial score (nSPS) is 15.7. The Morgan fingerprint density at radius 3 is 2.80 bits per heavy atom. The number of morpholine rings is 1. The number of ether oxygens (including phenoxy) is 1. The van der Waals surface area contributed by atoms with Gasteiger partial charge in [0.25, 0.3) is 0 Å². The van der Waals surface area contributed by atoms with Crippen LogP contribution in [0.4, 0.5) is 0 Å². The highest BCUT2D eigenvalue weighted by atomic mass is 32.2. The van der Waals surface area contributed by atoms with E-state index in [2.05, 4.69) is 40.6 Å². The lowest BCUT2D eigenvalue weighted by Crippen LogP contribution is -2.36. The molecule has 4 rings (SSSR count). The molecule has 1 saturated heterocycles. The molecule has 1 aliphatic heterocycles. The van der Waals surface area contributed by atoms with Gasteiger partial charge in [-0.1, -0.05) is 24.3 Å². The van der Waals surface area contributed by atoms with Crippen LogP contribution < -0.4 is 0 Å². The summed E-state index contributed by atoms with van der Waals surface area (Å²) in [5, 5.41) is 4.40. The lowest BCUT2D eigenvalue weighted by Gasteiger charge is -2.25. The first-order chi connectivity index (χ1) is 12.4. The van der Waals surface area contributed by atoms with Gasteiger partial charge in [-0.05, 0) is 23.9 Å². The van der Waals surface area contributed by atoms with Crippen LogP contribution in [0.25, 0.3) is 10.9 Å². The van der Waals surface area contributed by atoms with Crippen LogP contribution >= 0.6 is 23.1 Å².